The minimum Gasteiger partial charge on any atom is -0.368 e. The zero-order valence-corrected chi connectivity index (χ0v) is 14.1. The van der Waals surface area contributed by atoms with E-state index < -0.39 is 0 Å². The number of thiophene rings is 1. The Bertz CT molecular complexity index is 926. The molecule has 24 heavy (non-hydrogen) atoms. The number of anilines is 1. The number of halogens is 1. The molecule has 0 bridgehead atoms. The molecule has 7 heteroatoms. The average Bonchev–Trinajstić information content (AvgIpc) is 3.20. The first-order valence-electron chi connectivity index (χ1n) is 7.37. The van der Waals surface area contributed by atoms with Crippen LogP contribution in [0.2, 0.25) is 4.34 Å². The van der Waals surface area contributed by atoms with E-state index in [0.29, 0.717) is 22.3 Å². The van der Waals surface area contributed by atoms with Gasteiger partial charge in [0.05, 0.1) is 33.7 Å². The van der Waals surface area contributed by atoms with Crippen molar-refractivity contribution in [3.8, 4) is 11.3 Å². The predicted octanol–water partition coefficient (Wildman–Crippen LogP) is 3.60. The Kier molecular flexibility index (Phi) is 3.70. The Balaban J connectivity index is 1.70. The lowest BCUT2D eigenvalue weighted by Crippen LogP contribution is -2.24. The lowest BCUT2D eigenvalue weighted by molar-refractivity contribution is 0.0755. The second-order valence-electron chi connectivity index (χ2n) is 5.49. The fourth-order valence-corrected chi connectivity index (χ4v) is 3.85. The van der Waals surface area contributed by atoms with Crippen LogP contribution in [0.25, 0.3) is 11.3 Å². The molecule has 1 aliphatic heterocycles. The minimum atomic E-state index is -0.0533. The SMILES string of the molecule is Nc1nc2c(c(-c3ccccc3)n1)CN(C(=O)c1ccc(Cl)s1)C2. The van der Waals surface area contributed by atoms with E-state index in [2.05, 4.69) is 9.97 Å². The van der Waals surface area contributed by atoms with Crippen LogP contribution in [0.5, 0.6) is 0 Å². The Labute approximate surface area is 147 Å². The largest absolute Gasteiger partial charge is 0.368 e. The van der Waals surface area contributed by atoms with E-state index in [4.69, 9.17) is 17.3 Å². The third-order valence-corrected chi connectivity index (χ3v) is 5.14. The van der Waals surface area contributed by atoms with Gasteiger partial charge in [0, 0.05) is 11.1 Å². The lowest BCUT2D eigenvalue weighted by atomic mass is 10.1. The highest BCUT2D eigenvalue weighted by atomic mass is 35.5. The number of rotatable bonds is 2. The number of aromatic nitrogens is 2. The quantitative estimate of drug-likeness (QED) is 0.761. The predicted molar refractivity (Wildman–Crippen MR) is 94.8 cm³/mol. The molecule has 5 nitrogen and oxygen atoms in total. The van der Waals surface area contributed by atoms with Gasteiger partial charge in [0.25, 0.3) is 5.91 Å². The molecule has 0 saturated carbocycles. The molecule has 1 aliphatic rings. The number of benzene rings is 1. The van der Waals surface area contributed by atoms with Crippen LogP contribution in [0.3, 0.4) is 0 Å². The van der Waals surface area contributed by atoms with Gasteiger partial charge >= 0.3 is 0 Å². The van der Waals surface area contributed by atoms with Gasteiger partial charge in [0.2, 0.25) is 5.95 Å². The van der Waals surface area contributed by atoms with E-state index in [0.717, 1.165) is 22.5 Å². The lowest BCUT2D eigenvalue weighted by Gasteiger charge is -2.13. The number of nitrogen functional groups attached to an aromatic ring is 1. The van der Waals surface area contributed by atoms with Crippen LogP contribution in [0.1, 0.15) is 20.9 Å². The van der Waals surface area contributed by atoms with Crippen molar-refractivity contribution < 1.29 is 4.79 Å². The summed E-state index contributed by atoms with van der Waals surface area (Å²) in [6.45, 7) is 0.893. The molecule has 0 fully saturated rings. The first-order valence-corrected chi connectivity index (χ1v) is 8.56. The number of amides is 1. The molecule has 0 aliphatic carbocycles. The van der Waals surface area contributed by atoms with Crippen LogP contribution in [0.15, 0.2) is 42.5 Å². The van der Waals surface area contributed by atoms with Crippen LogP contribution in [0.4, 0.5) is 5.95 Å². The maximum Gasteiger partial charge on any atom is 0.264 e. The zero-order valence-electron chi connectivity index (χ0n) is 12.6. The fourth-order valence-electron chi connectivity index (χ4n) is 2.84. The molecule has 4 rings (SSSR count). The van der Waals surface area contributed by atoms with Crippen LogP contribution in [-0.4, -0.2) is 20.8 Å². The molecule has 3 heterocycles. The number of carbonyl (C=O) groups excluding carboxylic acids is 1. The van der Waals surface area contributed by atoms with Gasteiger partial charge in [-0.2, -0.15) is 0 Å². The van der Waals surface area contributed by atoms with Crippen LogP contribution >= 0.6 is 22.9 Å². The van der Waals surface area contributed by atoms with Gasteiger partial charge in [-0.15, -0.1) is 11.3 Å². The van der Waals surface area contributed by atoms with Crippen molar-refractivity contribution in [2.45, 2.75) is 13.1 Å². The zero-order chi connectivity index (χ0) is 16.7. The van der Waals surface area contributed by atoms with Gasteiger partial charge < -0.3 is 10.6 Å². The summed E-state index contributed by atoms with van der Waals surface area (Å²) in [5.74, 6) is 0.170. The summed E-state index contributed by atoms with van der Waals surface area (Å²) in [5.41, 5.74) is 9.38. The normalized spacial score (nSPS) is 13.1. The molecular formula is C17H13ClN4OS. The highest BCUT2D eigenvalue weighted by Gasteiger charge is 2.29. The Morgan fingerprint density at radius 1 is 1.12 bits per heavy atom. The number of nitrogens with zero attached hydrogens (tertiary/aromatic N) is 3. The molecular weight excluding hydrogens is 344 g/mol. The van der Waals surface area contributed by atoms with Crippen molar-refractivity contribution in [3.05, 3.63) is 62.9 Å². The van der Waals surface area contributed by atoms with Gasteiger partial charge in [-0.1, -0.05) is 41.9 Å². The number of nitrogens with two attached hydrogens (primary N) is 1. The summed E-state index contributed by atoms with van der Waals surface area (Å²) in [6, 6.07) is 13.3. The number of fused-ring (bicyclic) bond motifs is 1. The molecule has 120 valence electrons. The summed E-state index contributed by atoms with van der Waals surface area (Å²) in [4.78, 5) is 23.7. The fraction of sp³-hybridized carbons (Fsp3) is 0.118. The third-order valence-electron chi connectivity index (χ3n) is 3.92. The van der Waals surface area contributed by atoms with E-state index in [9.17, 15) is 4.79 Å². The number of carbonyl (C=O) groups is 1. The van der Waals surface area contributed by atoms with E-state index >= 15 is 0 Å². The summed E-state index contributed by atoms with van der Waals surface area (Å²) < 4.78 is 0.601. The van der Waals surface area contributed by atoms with Crippen molar-refractivity contribution in [1.82, 2.24) is 14.9 Å². The molecule has 2 N–H and O–H groups in total. The molecule has 0 spiro atoms. The van der Waals surface area contributed by atoms with E-state index in [1.54, 1.807) is 17.0 Å². The van der Waals surface area contributed by atoms with E-state index in [1.807, 2.05) is 30.3 Å². The third kappa shape index (κ3) is 2.64. The molecule has 0 unspecified atom stereocenters. The van der Waals surface area contributed by atoms with Gasteiger partial charge in [0.15, 0.2) is 0 Å². The molecule has 1 amide bonds. The minimum absolute atomic E-state index is 0.0533. The van der Waals surface area contributed by atoms with Crippen molar-refractivity contribution in [2.75, 3.05) is 5.73 Å². The summed E-state index contributed by atoms with van der Waals surface area (Å²) >= 11 is 7.21. The van der Waals surface area contributed by atoms with Gasteiger partial charge in [-0.05, 0) is 12.1 Å². The Morgan fingerprint density at radius 2 is 1.92 bits per heavy atom. The number of hydrogen-bond acceptors (Lipinski definition) is 5. The van der Waals surface area contributed by atoms with Crippen LogP contribution in [-0.2, 0) is 13.1 Å². The molecule has 0 radical (unpaired) electrons. The average molecular weight is 357 g/mol. The monoisotopic (exact) mass is 356 g/mol. The first-order chi connectivity index (χ1) is 11.6. The maximum atomic E-state index is 12.7. The van der Waals surface area contributed by atoms with Crippen molar-refractivity contribution >= 4 is 34.8 Å². The molecule has 3 aromatic rings. The highest BCUT2D eigenvalue weighted by Crippen LogP contribution is 2.32. The second-order valence-corrected chi connectivity index (χ2v) is 7.20. The molecule has 2 aromatic heterocycles. The number of hydrogen-bond donors (Lipinski definition) is 1. The van der Waals surface area contributed by atoms with Gasteiger partial charge in [0.1, 0.15) is 0 Å². The van der Waals surface area contributed by atoms with Crippen molar-refractivity contribution in [2.24, 2.45) is 0 Å². The summed E-state index contributed by atoms with van der Waals surface area (Å²) in [6.07, 6.45) is 0. The maximum absolute atomic E-state index is 12.7. The molecule has 0 saturated heterocycles. The second kappa shape index (κ2) is 5.89. The standard InChI is InChI=1S/C17H13ClN4OS/c18-14-7-6-13(24-14)16(23)22-8-11-12(9-22)20-17(19)21-15(11)10-4-2-1-3-5-10/h1-7H,8-9H2,(H2,19,20,21). The summed E-state index contributed by atoms with van der Waals surface area (Å²) in [5, 5.41) is 0. The highest BCUT2D eigenvalue weighted by molar-refractivity contribution is 7.17. The van der Waals surface area contributed by atoms with Crippen LogP contribution in [0, 0.1) is 0 Å². The van der Waals surface area contributed by atoms with Crippen LogP contribution < -0.4 is 5.73 Å². The van der Waals surface area contributed by atoms with E-state index in [1.165, 1.54) is 11.3 Å². The smallest absolute Gasteiger partial charge is 0.264 e. The topological polar surface area (TPSA) is 72.1 Å². The van der Waals surface area contributed by atoms with Crippen molar-refractivity contribution in [3.63, 3.8) is 0 Å². The first kappa shape index (κ1) is 15.1. The van der Waals surface area contributed by atoms with E-state index in [-0.39, 0.29) is 11.9 Å². The van der Waals surface area contributed by atoms with Gasteiger partial charge in [-0.3, -0.25) is 4.79 Å². The van der Waals surface area contributed by atoms with Crippen molar-refractivity contribution in [1.29, 1.82) is 0 Å². The summed E-state index contributed by atoms with van der Waals surface area (Å²) in [7, 11) is 0. The Morgan fingerprint density at radius 3 is 2.62 bits per heavy atom. The Hall–Kier alpha value is -2.44. The van der Waals surface area contributed by atoms with Gasteiger partial charge in [-0.25, -0.2) is 9.97 Å². The molecule has 0 atom stereocenters. The molecule has 1 aromatic carbocycles.